The molecular weight excluding hydrogens is 417 g/mol. The van der Waals surface area contributed by atoms with Crippen LogP contribution in [0.15, 0.2) is 76.8 Å². The van der Waals surface area contributed by atoms with Crippen LogP contribution in [0.25, 0.3) is 11.8 Å². The molecule has 1 aliphatic heterocycles. The molecule has 156 valence electrons. The minimum Gasteiger partial charge on any atom is -0.478 e. The zero-order valence-corrected chi connectivity index (χ0v) is 17.3. The summed E-state index contributed by atoms with van der Waals surface area (Å²) in [4.78, 5) is 30.8. The van der Waals surface area contributed by atoms with E-state index in [1.807, 2.05) is 29.8 Å². The number of aliphatic imine (C=N–C) groups is 1. The lowest BCUT2D eigenvalue weighted by Gasteiger charge is -2.12. The van der Waals surface area contributed by atoms with Crippen LogP contribution in [0.1, 0.15) is 23.0 Å². The molecule has 0 atom stereocenters. The molecule has 0 aliphatic carbocycles. The number of carbonyl (C=O) groups excluding carboxylic acids is 1. The average Bonchev–Trinajstić information content (AvgIpc) is 3.34. The Kier molecular flexibility index (Phi) is 5.73. The van der Waals surface area contributed by atoms with Gasteiger partial charge in [0, 0.05) is 24.1 Å². The number of benzene rings is 2. The van der Waals surface area contributed by atoms with E-state index in [1.54, 1.807) is 41.3 Å². The number of carbonyl (C=O) groups is 2. The van der Waals surface area contributed by atoms with Crippen LogP contribution in [-0.4, -0.2) is 38.2 Å². The number of hydrogen-bond donors (Lipinski definition) is 1. The molecule has 1 aromatic heterocycles. The molecule has 1 amide bonds. The lowest BCUT2D eigenvalue weighted by molar-refractivity contribution is -0.122. The number of aromatic nitrogens is 1. The first-order valence-electron chi connectivity index (χ1n) is 9.53. The monoisotopic (exact) mass is 435 g/mol. The van der Waals surface area contributed by atoms with Crippen molar-refractivity contribution in [2.75, 3.05) is 6.54 Å². The second-order valence-corrected chi connectivity index (χ2v) is 7.70. The van der Waals surface area contributed by atoms with Crippen LogP contribution in [0.5, 0.6) is 0 Å². The largest absolute Gasteiger partial charge is 0.478 e. The van der Waals surface area contributed by atoms with Gasteiger partial charge in [0.15, 0.2) is 5.17 Å². The van der Waals surface area contributed by atoms with Crippen LogP contribution in [0.4, 0.5) is 10.1 Å². The van der Waals surface area contributed by atoms with Gasteiger partial charge in [0.2, 0.25) is 0 Å². The fourth-order valence-corrected chi connectivity index (χ4v) is 4.21. The van der Waals surface area contributed by atoms with E-state index in [1.165, 1.54) is 30.0 Å². The number of carboxylic acids is 1. The van der Waals surface area contributed by atoms with E-state index in [0.29, 0.717) is 28.0 Å². The van der Waals surface area contributed by atoms with Gasteiger partial charge in [-0.25, -0.2) is 14.2 Å². The molecule has 1 N–H and O–H groups in total. The van der Waals surface area contributed by atoms with E-state index in [4.69, 9.17) is 0 Å². The van der Waals surface area contributed by atoms with Crippen LogP contribution < -0.4 is 0 Å². The van der Waals surface area contributed by atoms with Crippen molar-refractivity contribution in [3.63, 3.8) is 0 Å². The lowest BCUT2D eigenvalue weighted by Crippen LogP contribution is -2.28. The summed E-state index contributed by atoms with van der Waals surface area (Å²) < 4.78 is 15.0. The molecule has 0 spiro atoms. The topological polar surface area (TPSA) is 74.9 Å². The Balaban J connectivity index is 1.68. The van der Waals surface area contributed by atoms with Crippen molar-refractivity contribution in [1.82, 2.24) is 9.47 Å². The summed E-state index contributed by atoms with van der Waals surface area (Å²) in [5.41, 5.74) is 2.16. The Labute approximate surface area is 182 Å². The number of amidine groups is 1. The van der Waals surface area contributed by atoms with Crippen molar-refractivity contribution in [3.8, 4) is 5.69 Å². The molecule has 4 rings (SSSR count). The molecule has 2 aromatic carbocycles. The highest BCUT2D eigenvalue weighted by Crippen LogP contribution is 2.34. The lowest BCUT2D eigenvalue weighted by atomic mass is 10.2. The highest BCUT2D eigenvalue weighted by Gasteiger charge is 2.32. The summed E-state index contributed by atoms with van der Waals surface area (Å²) in [7, 11) is 0. The summed E-state index contributed by atoms with van der Waals surface area (Å²) in [5.74, 6) is -1.52. The van der Waals surface area contributed by atoms with E-state index in [9.17, 15) is 19.1 Å². The van der Waals surface area contributed by atoms with Crippen molar-refractivity contribution >= 4 is 40.6 Å². The molecule has 0 bridgehead atoms. The summed E-state index contributed by atoms with van der Waals surface area (Å²) in [6.07, 6.45) is 3.57. The molecule has 1 fully saturated rings. The Bertz CT molecular complexity index is 1210. The summed E-state index contributed by atoms with van der Waals surface area (Å²) in [6.45, 7) is 2.31. The fourth-order valence-electron chi connectivity index (χ4n) is 3.17. The predicted octanol–water partition coefficient (Wildman–Crippen LogP) is 4.94. The van der Waals surface area contributed by atoms with E-state index < -0.39 is 5.97 Å². The molecule has 1 aliphatic rings. The average molecular weight is 435 g/mol. The first-order valence-corrected chi connectivity index (χ1v) is 10.3. The minimum absolute atomic E-state index is 0.166. The van der Waals surface area contributed by atoms with Crippen LogP contribution in [-0.2, 0) is 4.79 Å². The first-order chi connectivity index (χ1) is 15.0. The zero-order valence-electron chi connectivity index (χ0n) is 16.5. The summed E-state index contributed by atoms with van der Waals surface area (Å²) >= 11 is 1.25. The maximum atomic E-state index is 13.2. The maximum Gasteiger partial charge on any atom is 0.335 e. The number of halogens is 1. The molecule has 0 unspecified atom stereocenters. The van der Waals surface area contributed by atoms with Gasteiger partial charge in [-0.1, -0.05) is 6.07 Å². The van der Waals surface area contributed by atoms with Crippen molar-refractivity contribution < 1.29 is 19.1 Å². The second kappa shape index (κ2) is 8.61. The smallest absolute Gasteiger partial charge is 0.335 e. The van der Waals surface area contributed by atoms with E-state index in [-0.39, 0.29) is 17.3 Å². The number of thioether (sulfide) groups is 1. The second-order valence-electron chi connectivity index (χ2n) is 6.69. The quantitative estimate of drug-likeness (QED) is 0.576. The van der Waals surface area contributed by atoms with Gasteiger partial charge in [-0.15, -0.1) is 0 Å². The van der Waals surface area contributed by atoms with Crippen LogP contribution >= 0.6 is 11.8 Å². The van der Waals surface area contributed by atoms with Crippen LogP contribution in [0.2, 0.25) is 0 Å². The van der Waals surface area contributed by atoms with Gasteiger partial charge in [0.25, 0.3) is 5.91 Å². The maximum absolute atomic E-state index is 13.2. The van der Waals surface area contributed by atoms with Crippen molar-refractivity contribution in [2.24, 2.45) is 4.99 Å². The summed E-state index contributed by atoms with van der Waals surface area (Å²) in [5, 5.41) is 9.78. The number of aromatic carboxylic acids is 1. The summed E-state index contributed by atoms with van der Waals surface area (Å²) in [6, 6.07) is 16.0. The van der Waals surface area contributed by atoms with Crippen molar-refractivity contribution in [1.29, 1.82) is 0 Å². The number of carboxylic acid groups (broad SMARTS) is 1. The van der Waals surface area contributed by atoms with Crippen LogP contribution in [0, 0.1) is 5.82 Å². The molecule has 1 saturated heterocycles. The van der Waals surface area contributed by atoms with Crippen molar-refractivity contribution in [3.05, 3.63) is 88.8 Å². The Hall–Kier alpha value is -3.65. The Morgan fingerprint density at radius 1 is 1.16 bits per heavy atom. The normalized spacial score (nSPS) is 16.5. The standard InChI is InChI=1S/C23H18FN3O3S/c1-2-26-21(28)20(31-23(26)25-17-10-8-16(24)9-11-17)14-19-7-4-12-27(19)18-6-3-5-15(13-18)22(29)30/h3-14H,2H2,1H3,(H,29,30)/b20-14+,25-23?. The molecule has 2 heterocycles. The highest BCUT2D eigenvalue weighted by atomic mass is 32.2. The number of rotatable bonds is 5. The molecule has 0 saturated carbocycles. The number of amides is 1. The van der Waals surface area contributed by atoms with Crippen LogP contribution in [0.3, 0.4) is 0 Å². The van der Waals surface area contributed by atoms with Gasteiger partial charge < -0.3 is 9.67 Å². The molecule has 0 radical (unpaired) electrons. The van der Waals surface area contributed by atoms with Gasteiger partial charge in [-0.3, -0.25) is 9.69 Å². The zero-order chi connectivity index (χ0) is 22.0. The molecule has 6 nitrogen and oxygen atoms in total. The molecule has 8 heteroatoms. The predicted molar refractivity (Wildman–Crippen MR) is 119 cm³/mol. The number of likely N-dealkylation sites (N-methyl/N-ethyl adjacent to an activating group) is 1. The minimum atomic E-state index is -1.00. The third kappa shape index (κ3) is 4.29. The van der Waals surface area contributed by atoms with Crippen molar-refractivity contribution in [2.45, 2.75) is 6.92 Å². The van der Waals surface area contributed by atoms with Gasteiger partial charge in [-0.2, -0.15) is 0 Å². The third-order valence-corrected chi connectivity index (χ3v) is 5.69. The Morgan fingerprint density at radius 3 is 2.65 bits per heavy atom. The fraction of sp³-hybridized carbons (Fsp3) is 0.0870. The highest BCUT2D eigenvalue weighted by molar-refractivity contribution is 8.18. The van der Waals surface area contributed by atoms with Gasteiger partial charge in [0.05, 0.1) is 16.2 Å². The first kappa shape index (κ1) is 20.6. The van der Waals surface area contributed by atoms with E-state index >= 15 is 0 Å². The molecular formula is C23H18FN3O3S. The van der Waals surface area contributed by atoms with Gasteiger partial charge >= 0.3 is 5.97 Å². The molecule has 31 heavy (non-hydrogen) atoms. The van der Waals surface area contributed by atoms with Gasteiger partial charge in [-0.05, 0) is 79.4 Å². The Morgan fingerprint density at radius 2 is 1.94 bits per heavy atom. The number of nitrogens with zero attached hydrogens (tertiary/aromatic N) is 3. The van der Waals surface area contributed by atoms with Gasteiger partial charge in [0.1, 0.15) is 5.82 Å². The number of hydrogen-bond acceptors (Lipinski definition) is 4. The van der Waals surface area contributed by atoms with E-state index in [2.05, 4.69) is 4.99 Å². The molecule has 3 aromatic rings. The SMILES string of the molecule is CCN1C(=O)/C(=C\c2cccn2-c2cccc(C(=O)O)c2)SC1=Nc1ccc(F)cc1. The van der Waals surface area contributed by atoms with E-state index in [0.717, 1.165) is 5.69 Å². The third-order valence-electron chi connectivity index (χ3n) is 4.69.